The topological polar surface area (TPSA) is 69.0 Å². The van der Waals surface area contributed by atoms with E-state index in [-0.39, 0.29) is 12.5 Å². The maximum atomic E-state index is 12.3. The number of halogens is 2. The third kappa shape index (κ3) is 6.51. The Hall–Kier alpha value is -3.00. The third-order valence-corrected chi connectivity index (χ3v) is 6.02. The zero-order chi connectivity index (χ0) is 23.0. The lowest BCUT2D eigenvalue weighted by atomic mass is 10.3. The Morgan fingerprint density at radius 3 is 2.27 bits per heavy atom. The molecule has 33 heavy (non-hydrogen) atoms. The van der Waals surface area contributed by atoms with Crippen molar-refractivity contribution in [2.75, 3.05) is 11.1 Å². The number of amides is 1. The Bertz CT molecular complexity index is 1200. The number of rotatable bonds is 9. The first-order chi connectivity index (χ1) is 16.1. The summed E-state index contributed by atoms with van der Waals surface area (Å²) in [6.07, 6.45) is 0.325. The van der Waals surface area contributed by atoms with Gasteiger partial charge in [-0.1, -0.05) is 53.2 Å². The number of hydrogen-bond donors (Lipinski definition) is 1. The monoisotopic (exact) mass is 498 g/mol. The summed E-state index contributed by atoms with van der Waals surface area (Å²) in [5.74, 6) is 1.81. The molecule has 1 amide bonds. The van der Waals surface area contributed by atoms with Crippen LogP contribution in [-0.4, -0.2) is 26.4 Å². The van der Waals surface area contributed by atoms with E-state index >= 15 is 0 Å². The molecule has 1 N–H and O–H groups in total. The molecule has 0 spiro atoms. The Kier molecular flexibility index (Phi) is 7.88. The van der Waals surface area contributed by atoms with Gasteiger partial charge in [0.2, 0.25) is 5.91 Å². The van der Waals surface area contributed by atoms with E-state index in [2.05, 4.69) is 15.5 Å². The number of nitrogens with one attached hydrogen (secondary N) is 1. The minimum Gasteiger partial charge on any atom is -0.486 e. The van der Waals surface area contributed by atoms with Crippen molar-refractivity contribution in [2.45, 2.75) is 18.2 Å². The van der Waals surface area contributed by atoms with Crippen LogP contribution in [0.1, 0.15) is 12.2 Å². The fourth-order valence-electron chi connectivity index (χ4n) is 2.99. The van der Waals surface area contributed by atoms with E-state index in [1.54, 1.807) is 48.5 Å². The minimum atomic E-state index is -0.0816. The Labute approximate surface area is 205 Å². The first kappa shape index (κ1) is 23.2. The Balaban J connectivity index is 1.42. The summed E-state index contributed by atoms with van der Waals surface area (Å²) in [5.41, 5.74) is 1.63. The summed E-state index contributed by atoms with van der Waals surface area (Å²) in [5, 5.41) is 13.5. The molecule has 1 heterocycles. The van der Waals surface area contributed by atoms with Crippen molar-refractivity contribution in [1.82, 2.24) is 14.8 Å². The standard InChI is InChI=1S/C24H20Cl2N4O2S/c25-17-6-10-19(11-7-17)27-23(31)14-15-33-24-29-28-22(30(24)20-4-2-1-3-5-20)16-32-21-12-8-18(26)9-13-21/h1-13H,14-16H2,(H,27,31). The van der Waals surface area contributed by atoms with Crippen LogP contribution in [0.3, 0.4) is 0 Å². The van der Waals surface area contributed by atoms with Crippen molar-refractivity contribution in [1.29, 1.82) is 0 Å². The van der Waals surface area contributed by atoms with Crippen LogP contribution in [0.15, 0.2) is 84.0 Å². The van der Waals surface area contributed by atoms with Crippen molar-refractivity contribution in [3.63, 3.8) is 0 Å². The minimum absolute atomic E-state index is 0.0816. The number of aromatic nitrogens is 3. The van der Waals surface area contributed by atoms with E-state index < -0.39 is 0 Å². The molecule has 6 nitrogen and oxygen atoms in total. The number of carbonyl (C=O) groups excluding carboxylic acids is 1. The molecule has 0 saturated heterocycles. The van der Waals surface area contributed by atoms with Gasteiger partial charge < -0.3 is 10.1 Å². The SMILES string of the molecule is O=C(CCSc1nnc(COc2ccc(Cl)cc2)n1-c1ccccc1)Nc1ccc(Cl)cc1. The molecule has 0 bridgehead atoms. The molecule has 168 valence electrons. The van der Waals surface area contributed by atoms with Crippen molar-refractivity contribution >= 4 is 46.6 Å². The molecular weight excluding hydrogens is 479 g/mol. The lowest BCUT2D eigenvalue weighted by Gasteiger charge is -2.11. The van der Waals surface area contributed by atoms with Crippen LogP contribution in [0.5, 0.6) is 5.75 Å². The summed E-state index contributed by atoms with van der Waals surface area (Å²) in [7, 11) is 0. The number of ether oxygens (including phenoxy) is 1. The molecule has 0 unspecified atom stereocenters. The van der Waals surface area contributed by atoms with Crippen molar-refractivity contribution < 1.29 is 9.53 Å². The Morgan fingerprint density at radius 1 is 0.909 bits per heavy atom. The van der Waals surface area contributed by atoms with E-state index in [1.807, 2.05) is 34.9 Å². The van der Waals surface area contributed by atoms with Gasteiger partial charge in [0.1, 0.15) is 12.4 Å². The van der Waals surface area contributed by atoms with E-state index in [0.717, 1.165) is 5.69 Å². The van der Waals surface area contributed by atoms with Gasteiger partial charge in [-0.2, -0.15) is 0 Å². The first-order valence-corrected chi connectivity index (χ1v) is 11.9. The first-order valence-electron chi connectivity index (χ1n) is 10.1. The molecule has 3 aromatic carbocycles. The van der Waals surface area contributed by atoms with Crippen LogP contribution in [0.4, 0.5) is 5.69 Å². The van der Waals surface area contributed by atoms with E-state index in [4.69, 9.17) is 27.9 Å². The second-order valence-corrected chi connectivity index (χ2v) is 8.90. The van der Waals surface area contributed by atoms with Crippen LogP contribution in [-0.2, 0) is 11.4 Å². The van der Waals surface area contributed by atoms with Crippen molar-refractivity contribution in [3.05, 3.63) is 94.7 Å². The highest BCUT2D eigenvalue weighted by Gasteiger charge is 2.16. The van der Waals surface area contributed by atoms with Gasteiger partial charge in [-0.3, -0.25) is 9.36 Å². The van der Waals surface area contributed by atoms with Crippen LogP contribution in [0.2, 0.25) is 10.0 Å². The predicted octanol–water partition coefficient (Wildman–Crippen LogP) is 6.27. The molecule has 0 fully saturated rings. The fourth-order valence-corrected chi connectivity index (χ4v) is 4.15. The molecule has 0 aliphatic rings. The average Bonchev–Trinajstić information content (AvgIpc) is 3.23. The Morgan fingerprint density at radius 2 is 1.58 bits per heavy atom. The predicted molar refractivity (Wildman–Crippen MR) is 133 cm³/mol. The number of nitrogens with zero attached hydrogens (tertiary/aromatic N) is 3. The lowest BCUT2D eigenvalue weighted by molar-refractivity contribution is -0.115. The summed E-state index contributed by atoms with van der Waals surface area (Å²) < 4.78 is 7.82. The van der Waals surface area contributed by atoms with E-state index in [0.29, 0.717) is 44.6 Å². The van der Waals surface area contributed by atoms with Gasteiger partial charge in [0.25, 0.3) is 0 Å². The fraction of sp³-hybridized carbons (Fsp3) is 0.125. The molecule has 0 aliphatic carbocycles. The smallest absolute Gasteiger partial charge is 0.225 e. The van der Waals surface area contributed by atoms with Crippen LogP contribution in [0.25, 0.3) is 5.69 Å². The molecule has 0 radical (unpaired) electrons. The van der Waals surface area contributed by atoms with Crippen LogP contribution in [0, 0.1) is 0 Å². The van der Waals surface area contributed by atoms with Gasteiger partial charge in [-0.15, -0.1) is 10.2 Å². The van der Waals surface area contributed by atoms with Crippen molar-refractivity contribution in [2.24, 2.45) is 0 Å². The molecule has 4 rings (SSSR count). The molecule has 0 saturated carbocycles. The van der Waals surface area contributed by atoms with Gasteiger partial charge in [0.05, 0.1) is 0 Å². The summed E-state index contributed by atoms with van der Waals surface area (Å²) >= 11 is 13.3. The number of anilines is 1. The van der Waals surface area contributed by atoms with Gasteiger partial charge >= 0.3 is 0 Å². The number of benzene rings is 3. The number of thioether (sulfide) groups is 1. The molecule has 0 aliphatic heterocycles. The summed E-state index contributed by atoms with van der Waals surface area (Å²) in [6, 6.07) is 24.0. The molecule has 4 aromatic rings. The highest BCUT2D eigenvalue weighted by atomic mass is 35.5. The maximum Gasteiger partial charge on any atom is 0.225 e. The highest BCUT2D eigenvalue weighted by Crippen LogP contribution is 2.24. The number of para-hydroxylation sites is 1. The quantitative estimate of drug-likeness (QED) is 0.275. The van der Waals surface area contributed by atoms with Gasteiger partial charge in [0, 0.05) is 33.6 Å². The lowest BCUT2D eigenvalue weighted by Crippen LogP contribution is -2.12. The van der Waals surface area contributed by atoms with E-state index in [1.165, 1.54) is 11.8 Å². The van der Waals surface area contributed by atoms with Gasteiger partial charge in [0.15, 0.2) is 11.0 Å². The van der Waals surface area contributed by atoms with Crippen LogP contribution >= 0.6 is 35.0 Å². The molecule has 9 heteroatoms. The highest BCUT2D eigenvalue weighted by molar-refractivity contribution is 7.99. The van der Waals surface area contributed by atoms with E-state index in [9.17, 15) is 4.79 Å². The number of hydrogen-bond acceptors (Lipinski definition) is 5. The molecule has 0 atom stereocenters. The zero-order valence-electron chi connectivity index (χ0n) is 17.4. The second-order valence-electron chi connectivity index (χ2n) is 6.97. The van der Waals surface area contributed by atoms with Crippen molar-refractivity contribution in [3.8, 4) is 11.4 Å². The number of carbonyl (C=O) groups is 1. The van der Waals surface area contributed by atoms with Gasteiger partial charge in [-0.25, -0.2) is 0 Å². The van der Waals surface area contributed by atoms with Gasteiger partial charge in [-0.05, 0) is 60.7 Å². The summed E-state index contributed by atoms with van der Waals surface area (Å²) in [6.45, 7) is 0.237. The molecule has 1 aromatic heterocycles. The molecular formula is C24H20Cl2N4O2S. The maximum absolute atomic E-state index is 12.3. The summed E-state index contributed by atoms with van der Waals surface area (Å²) in [4.78, 5) is 12.3. The second kappa shape index (κ2) is 11.2. The normalized spacial score (nSPS) is 10.7. The average molecular weight is 499 g/mol. The van der Waals surface area contributed by atoms with Crippen LogP contribution < -0.4 is 10.1 Å². The largest absolute Gasteiger partial charge is 0.486 e. The third-order valence-electron chi connectivity index (χ3n) is 4.58. The zero-order valence-corrected chi connectivity index (χ0v) is 19.8.